The van der Waals surface area contributed by atoms with E-state index in [1.165, 1.54) is 4.68 Å². The minimum atomic E-state index is -0.0792. The van der Waals surface area contributed by atoms with E-state index < -0.39 is 0 Å². The van der Waals surface area contributed by atoms with Crippen LogP contribution in [0.3, 0.4) is 0 Å². The quantitative estimate of drug-likeness (QED) is 0.681. The highest BCUT2D eigenvalue weighted by Crippen LogP contribution is 2.06. The van der Waals surface area contributed by atoms with Gasteiger partial charge in [0, 0.05) is 12.3 Å². The fraction of sp³-hybridized carbons (Fsp3) is 0.778. The zero-order chi connectivity index (χ0) is 10.7. The predicted molar refractivity (Wildman–Crippen MR) is 51.8 cm³/mol. The molecule has 0 unspecified atom stereocenters. The van der Waals surface area contributed by atoms with E-state index in [1.54, 1.807) is 0 Å². The predicted octanol–water partition coefficient (Wildman–Crippen LogP) is 1.17. The van der Waals surface area contributed by atoms with Crippen LogP contribution >= 0.6 is 0 Å². The highest BCUT2D eigenvalue weighted by molar-refractivity contribution is 5.80. The molecule has 0 fully saturated rings. The number of tetrazole rings is 1. The molecule has 0 spiro atoms. The molecule has 5 nitrogen and oxygen atoms in total. The van der Waals surface area contributed by atoms with Crippen LogP contribution in [0.1, 0.15) is 38.3 Å². The molecular weight excluding hydrogens is 180 g/mol. The average molecular weight is 196 g/mol. The maximum Gasteiger partial charge on any atom is 0.252 e. The third kappa shape index (κ3) is 2.37. The Balaban J connectivity index is 2.87. The van der Waals surface area contributed by atoms with Crippen molar-refractivity contribution >= 4 is 5.91 Å². The number of nitrogens with zero attached hydrogens (tertiary/aromatic N) is 4. The number of hydrogen-bond acceptors (Lipinski definition) is 4. The van der Waals surface area contributed by atoms with Gasteiger partial charge in [-0.05, 0) is 16.3 Å². The maximum atomic E-state index is 11.6. The molecule has 0 radical (unpaired) electrons. The molecule has 0 aromatic carbocycles. The van der Waals surface area contributed by atoms with Gasteiger partial charge < -0.3 is 0 Å². The van der Waals surface area contributed by atoms with E-state index in [0.717, 1.165) is 6.42 Å². The number of aromatic nitrogens is 4. The van der Waals surface area contributed by atoms with Crippen LogP contribution in [0.2, 0.25) is 0 Å². The largest absolute Gasteiger partial charge is 0.272 e. The van der Waals surface area contributed by atoms with Crippen molar-refractivity contribution in [3.8, 4) is 0 Å². The van der Waals surface area contributed by atoms with Gasteiger partial charge in [0.1, 0.15) is 0 Å². The summed E-state index contributed by atoms with van der Waals surface area (Å²) >= 11 is 0. The summed E-state index contributed by atoms with van der Waals surface area (Å²) in [5.74, 6) is 0.966. The van der Waals surface area contributed by atoms with Crippen molar-refractivity contribution < 1.29 is 4.79 Å². The minimum Gasteiger partial charge on any atom is -0.272 e. The van der Waals surface area contributed by atoms with E-state index >= 15 is 0 Å². The molecule has 0 aliphatic heterocycles. The van der Waals surface area contributed by atoms with Crippen molar-refractivity contribution in [1.29, 1.82) is 0 Å². The van der Waals surface area contributed by atoms with Crippen molar-refractivity contribution in [2.24, 2.45) is 11.8 Å². The van der Waals surface area contributed by atoms with Gasteiger partial charge in [0.25, 0.3) is 5.91 Å². The lowest BCUT2D eigenvalue weighted by molar-refractivity contribution is 0.0831. The number of carbonyl (C=O) groups excluding carboxylic acids is 1. The van der Waals surface area contributed by atoms with Crippen molar-refractivity contribution in [1.82, 2.24) is 20.2 Å². The molecule has 0 amide bonds. The fourth-order valence-corrected chi connectivity index (χ4v) is 1.11. The molecule has 14 heavy (non-hydrogen) atoms. The maximum absolute atomic E-state index is 11.6. The molecule has 5 heteroatoms. The van der Waals surface area contributed by atoms with E-state index in [2.05, 4.69) is 29.4 Å². The topological polar surface area (TPSA) is 60.7 Å². The van der Waals surface area contributed by atoms with Crippen molar-refractivity contribution in [2.75, 3.05) is 0 Å². The first-order chi connectivity index (χ1) is 6.52. The first kappa shape index (κ1) is 10.8. The van der Waals surface area contributed by atoms with Gasteiger partial charge in [0.2, 0.25) is 0 Å². The first-order valence-corrected chi connectivity index (χ1v) is 4.83. The standard InChI is InChI=1S/C9H16N4O/c1-6(2)5-8-10-11-12-13(8)9(14)7(3)4/h6-7H,5H2,1-4H3. The second-order valence-electron chi connectivity index (χ2n) is 4.10. The van der Waals surface area contributed by atoms with Crippen LogP contribution in [0.5, 0.6) is 0 Å². The molecule has 0 aliphatic carbocycles. The third-order valence-corrected chi connectivity index (χ3v) is 1.83. The molecule has 0 saturated heterocycles. The molecule has 1 rings (SSSR count). The lowest BCUT2D eigenvalue weighted by Crippen LogP contribution is -2.21. The molecule has 0 N–H and O–H groups in total. The summed E-state index contributed by atoms with van der Waals surface area (Å²) in [6, 6.07) is 0. The van der Waals surface area contributed by atoms with Gasteiger partial charge in [-0.2, -0.15) is 4.68 Å². The lowest BCUT2D eigenvalue weighted by Gasteiger charge is -2.06. The first-order valence-electron chi connectivity index (χ1n) is 4.83. The smallest absolute Gasteiger partial charge is 0.252 e. The summed E-state index contributed by atoms with van der Waals surface area (Å²) in [4.78, 5) is 11.6. The summed E-state index contributed by atoms with van der Waals surface area (Å²) in [5, 5.41) is 11.1. The second kappa shape index (κ2) is 4.30. The highest BCUT2D eigenvalue weighted by Gasteiger charge is 2.17. The molecular formula is C9H16N4O. The fourth-order valence-electron chi connectivity index (χ4n) is 1.11. The highest BCUT2D eigenvalue weighted by atomic mass is 16.2. The zero-order valence-electron chi connectivity index (χ0n) is 9.06. The Kier molecular flexibility index (Phi) is 3.33. The van der Waals surface area contributed by atoms with Crippen molar-refractivity contribution in [3.05, 3.63) is 5.82 Å². The molecule has 0 atom stereocenters. The van der Waals surface area contributed by atoms with E-state index in [0.29, 0.717) is 11.7 Å². The summed E-state index contributed by atoms with van der Waals surface area (Å²) in [6.45, 7) is 7.81. The van der Waals surface area contributed by atoms with Crippen LogP contribution < -0.4 is 0 Å². The normalized spacial score (nSPS) is 11.3. The number of hydrogen-bond donors (Lipinski definition) is 0. The minimum absolute atomic E-state index is 0.0503. The van der Waals surface area contributed by atoms with Gasteiger partial charge in [-0.3, -0.25) is 4.79 Å². The Labute approximate surface area is 83.5 Å². The van der Waals surface area contributed by atoms with Crippen LogP contribution in [-0.4, -0.2) is 26.1 Å². The Morgan fingerprint density at radius 3 is 2.50 bits per heavy atom. The van der Waals surface area contributed by atoms with Gasteiger partial charge in [0.05, 0.1) is 0 Å². The van der Waals surface area contributed by atoms with E-state index in [4.69, 9.17) is 0 Å². The Morgan fingerprint density at radius 1 is 1.36 bits per heavy atom. The molecule has 1 aromatic heterocycles. The van der Waals surface area contributed by atoms with Crippen LogP contribution in [0.15, 0.2) is 0 Å². The monoisotopic (exact) mass is 196 g/mol. The van der Waals surface area contributed by atoms with Crippen molar-refractivity contribution in [2.45, 2.75) is 34.1 Å². The van der Waals surface area contributed by atoms with E-state index in [-0.39, 0.29) is 11.8 Å². The summed E-state index contributed by atoms with van der Waals surface area (Å²) in [7, 11) is 0. The third-order valence-electron chi connectivity index (χ3n) is 1.83. The van der Waals surface area contributed by atoms with Crippen LogP contribution in [0, 0.1) is 11.8 Å². The Bertz CT molecular complexity index is 316. The van der Waals surface area contributed by atoms with E-state index in [1.807, 2.05) is 13.8 Å². The zero-order valence-corrected chi connectivity index (χ0v) is 9.06. The van der Waals surface area contributed by atoms with Crippen LogP contribution in [0.4, 0.5) is 0 Å². The summed E-state index contributed by atoms with van der Waals surface area (Å²) in [6.07, 6.45) is 0.728. The second-order valence-corrected chi connectivity index (χ2v) is 4.10. The SMILES string of the molecule is CC(C)Cc1nnnn1C(=O)C(C)C. The summed E-state index contributed by atoms with van der Waals surface area (Å²) in [5.41, 5.74) is 0. The molecule has 0 saturated carbocycles. The number of carbonyl (C=O) groups is 1. The summed E-state index contributed by atoms with van der Waals surface area (Å²) < 4.78 is 1.31. The molecule has 0 bridgehead atoms. The Hall–Kier alpha value is -1.26. The Morgan fingerprint density at radius 2 is 2.00 bits per heavy atom. The molecule has 1 aromatic rings. The van der Waals surface area contributed by atoms with Crippen molar-refractivity contribution in [3.63, 3.8) is 0 Å². The van der Waals surface area contributed by atoms with Gasteiger partial charge >= 0.3 is 0 Å². The number of rotatable bonds is 3. The van der Waals surface area contributed by atoms with Gasteiger partial charge in [0.15, 0.2) is 5.82 Å². The van der Waals surface area contributed by atoms with Gasteiger partial charge in [-0.15, -0.1) is 5.10 Å². The molecule has 78 valence electrons. The van der Waals surface area contributed by atoms with Crippen LogP contribution in [-0.2, 0) is 6.42 Å². The average Bonchev–Trinajstić information content (AvgIpc) is 2.49. The van der Waals surface area contributed by atoms with Gasteiger partial charge in [-0.1, -0.05) is 27.7 Å². The van der Waals surface area contributed by atoms with Crippen LogP contribution in [0.25, 0.3) is 0 Å². The molecule has 1 heterocycles. The van der Waals surface area contributed by atoms with Gasteiger partial charge in [-0.25, -0.2) is 0 Å². The molecule has 0 aliphatic rings. The van der Waals surface area contributed by atoms with E-state index in [9.17, 15) is 4.79 Å². The lowest BCUT2D eigenvalue weighted by atomic mass is 10.1.